The van der Waals surface area contributed by atoms with Gasteiger partial charge in [0.05, 0.1) is 49.0 Å². The Hall–Kier alpha value is -3.14. The Kier molecular flexibility index (Phi) is 5.57. The number of anilines is 1. The van der Waals surface area contributed by atoms with Crippen LogP contribution in [0.25, 0.3) is 5.65 Å². The first-order chi connectivity index (χ1) is 14.7. The standard InChI is InChI=1S/C21H21F3N4O3/c1-13-14(3-2-4-15(13)21(22,23)24)9-17-16(10-20(29)30)26-18-11-25-19(12-28(17)18)27-5-7-31-8-6-27/h2-4,11-12H,5-10H2,1H3,(H,29,30). The number of carboxylic acids is 1. The van der Waals surface area contributed by atoms with Gasteiger partial charge in [-0.05, 0) is 24.1 Å². The molecule has 4 rings (SSSR count). The normalized spacial score (nSPS) is 14.9. The quantitative estimate of drug-likeness (QED) is 0.665. The summed E-state index contributed by atoms with van der Waals surface area (Å²) in [6.07, 6.45) is -1.36. The number of carbonyl (C=O) groups is 1. The third kappa shape index (κ3) is 4.34. The highest BCUT2D eigenvalue weighted by molar-refractivity contribution is 5.70. The maximum absolute atomic E-state index is 13.4. The maximum Gasteiger partial charge on any atom is 0.416 e. The summed E-state index contributed by atoms with van der Waals surface area (Å²) in [5, 5.41) is 9.31. The van der Waals surface area contributed by atoms with Gasteiger partial charge in [-0.3, -0.25) is 9.20 Å². The maximum atomic E-state index is 13.4. The predicted octanol–water partition coefficient (Wildman–Crippen LogP) is 3.11. The zero-order valence-corrected chi connectivity index (χ0v) is 16.8. The van der Waals surface area contributed by atoms with Crippen molar-refractivity contribution in [2.24, 2.45) is 0 Å². The van der Waals surface area contributed by atoms with Crippen molar-refractivity contribution in [2.75, 3.05) is 31.2 Å². The van der Waals surface area contributed by atoms with Crippen LogP contribution in [0.2, 0.25) is 0 Å². The number of imidazole rings is 1. The zero-order chi connectivity index (χ0) is 22.2. The highest BCUT2D eigenvalue weighted by Gasteiger charge is 2.33. The summed E-state index contributed by atoms with van der Waals surface area (Å²) in [6.45, 7) is 3.90. The lowest BCUT2D eigenvalue weighted by Gasteiger charge is -2.27. The molecule has 2 aromatic heterocycles. The van der Waals surface area contributed by atoms with Crippen molar-refractivity contribution >= 4 is 17.4 Å². The fraction of sp³-hybridized carbons (Fsp3) is 0.381. The number of carboxylic acid groups (broad SMARTS) is 1. The number of hydrogen-bond acceptors (Lipinski definition) is 5. The minimum atomic E-state index is -4.46. The Balaban J connectivity index is 1.80. The molecule has 10 heteroatoms. The van der Waals surface area contributed by atoms with E-state index in [1.54, 1.807) is 22.9 Å². The molecular formula is C21H21F3N4O3. The van der Waals surface area contributed by atoms with Gasteiger partial charge in [-0.2, -0.15) is 13.2 Å². The number of morpholine rings is 1. The molecular weight excluding hydrogens is 413 g/mol. The number of fused-ring (bicyclic) bond motifs is 1. The van der Waals surface area contributed by atoms with Crippen LogP contribution in [-0.2, 0) is 28.5 Å². The second-order valence-electron chi connectivity index (χ2n) is 7.41. The van der Waals surface area contributed by atoms with Gasteiger partial charge in [0.1, 0.15) is 5.82 Å². The van der Waals surface area contributed by atoms with Crippen molar-refractivity contribution in [3.05, 3.63) is 58.7 Å². The van der Waals surface area contributed by atoms with Crippen molar-refractivity contribution in [1.82, 2.24) is 14.4 Å². The average Bonchev–Trinajstić information content (AvgIpc) is 3.05. The molecule has 164 valence electrons. The minimum Gasteiger partial charge on any atom is -0.481 e. The molecule has 1 fully saturated rings. The van der Waals surface area contributed by atoms with Gasteiger partial charge in [0.15, 0.2) is 5.65 Å². The largest absolute Gasteiger partial charge is 0.481 e. The lowest BCUT2D eigenvalue weighted by Crippen LogP contribution is -2.36. The summed E-state index contributed by atoms with van der Waals surface area (Å²) in [7, 11) is 0. The summed E-state index contributed by atoms with van der Waals surface area (Å²) in [4.78, 5) is 22.2. The van der Waals surface area contributed by atoms with Gasteiger partial charge in [0, 0.05) is 19.5 Å². The fourth-order valence-corrected chi connectivity index (χ4v) is 3.83. The topological polar surface area (TPSA) is 80.0 Å². The number of nitrogens with zero attached hydrogens (tertiary/aromatic N) is 4. The Morgan fingerprint density at radius 1 is 1.26 bits per heavy atom. The summed E-state index contributed by atoms with van der Waals surface area (Å²) in [5.74, 6) is -0.385. The number of benzene rings is 1. The predicted molar refractivity (Wildman–Crippen MR) is 106 cm³/mol. The van der Waals surface area contributed by atoms with E-state index in [4.69, 9.17) is 4.74 Å². The van der Waals surface area contributed by atoms with Crippen LogP contribution in [-0.4, -0.2) is 51.7 Å². The summed E-state index contributed by atoms with van der Waals surface area (Å²) < 4.78 is 47.2. The first kappa shape index (κ1) is 21.1. The smallest absolute Gasteiger partial charge is 0.416 e. The van der Waals surface area contributed by atoms with Gasteiger partial charge in [0.25, 0.3) is 0 Å². The van der Waals surface area contributed by atoms with Crippen LogP contribution in [0.4, 0.5) is 19.0 Å². The molecule has 1 aromatic carbocycles. The van der Waals surface area contributed by atoms with Crippen LogP contribution in [0, 0.1) is 6.92 Å². The van der Waals surface area contributed by atoms with Crippen molar-refractivity contribution < 1.29 is 27.8 Å². The third-order valence-corrected chi connectivity index (χ3v) is 5.44. The highest BCUT2D eigenvalue weighted by atomic mass is 19.4. The number of hydrogen-bond donors (Lipinski definition) is 1. The second kappa shape index (κ2) is 8.18. The van der Waals surface area contributed by atoms with E-state index in [1.165, 1.54) is 13.0 Å². The molecule has 1 aliphatic rings. The molecule has 0 atom stereocenters. The van der Waals surface area contributed by atoms with Crippen molar-refractivity contribution in [3.8, 4) is 0 Å². The van der Waals surface area contributed by atoms with Crippen LogP contribution in [0.3, 0.4) is 0 Å². The van der Waals surface area contributed by atoms with E-state index >= 15 is 0 Å². The van der Waals surface area contributed by atoms with Crippen molar-refractivity contribution in [2.45, 2.75) is 25.9 Å². The third-order valence-electron chi connectivity index (χ3n) is 5.44. The molecule has 1 N–H and O–H groups in total. The van der Waals surface area contributed by atoms with Gasteiger partial charge in [0.2, 0.25) is 0 Å². The molecule has 0 aliphatic carbocycles. The average molecular weight is 434 g/mol. The van der Waals surface area contributed by atoms with E-state index in [9.17, 15) is 23.1 Å². The Labute approximate surface area is 176 Å². The SMILES string of the molecule is Cc1c(Cc2c(CC(=O)O)nc3cnc(N4CCOCC4)cn23)cccc1C(F)(F)F. The fourth-order valence-electron chi connectivity index (χ4n) is 3.83. The van der Waals surface area contributed by atoms with Gasteiger partial charge >= 0.3 is 12.1 Å². The lowest BCUT2D eigenvalue weighted by atomic mass is 9.97. The molecule has 1 aliphatic heterocycles. The number of aromatic nitrogens is 3. The Morgan fingerprint density at radius 2 is 2.00 bits per heavy atom. The highest BCUT2D eigenvalue weighted by Crippen LogP contribution is 2.34. The monoisotopic (exact) mass is 434 g/mol. The van der Waals surface area contributed by atoms with E-state index in [0.29, 0.717) is 54.7 Å². The van der Waals surface area contributed by atoms with E-state index < -0.39 is 17.7 Å². The Bertz CT molecular complexity index is 1120. The van der Waals surface area contributed by atoms with Crippen molar-refractivity contribution in [1.29, 1.82) is 0 Å². The van der Waals surface area contributed by atoms with E-state index in [0.717, 1.165) is 6.07 Å². The number of aliphatic carboxylic acids is 1. The van der Waals surface area contributed by atoms with Gasteiger partial charge in [-0.1, -0.05) is 12.1 Å². The number of rotatable bonds is 5. The second-order valence-corrected chi connectivity index (χ2v) is 7.41. The van der Waals surface area contributed by atoms with E-state index in [-0.39, 0.29) is 18.4 Å². The molecule has 0 saturated carbocycles. The van der Waals surface area contributed by atoms with Gasteiger partial charge < -0.3 is 14.7 Å². The minimum absolute atomic E-state index is 0.117. The summed E-state index contributed by atoms with van der Waals surface area (Å²) in [6, 6.07) is 4.04. The van der Waals surface area contributed by atoms with Crippen LogP contribution in [0.1, 0.15) is 28.1 Å². The molecule has 7 nitrogen and oxygen atoms in total. The number of alkyl halides is 3. The molecule has 0 bridgehead atoms. The molecule has 0 unspecified atom stereocenters. The summed E-state index contributed by atoms with van der Waals surface area (Å²) in [5.41, 5.74) is 1.19. The molecule has 31 heavy (non-hydrogen) atoms. The summed E-state index contributed by atoms with van der Waals surface area (Å²) >= 11 is 0. The number of ether oxygens (including phenoxy) is 1. The van der Waals surface area contributed by atoms with E-state index in [2.05, 4.69) is 9.97 Å². The lowest BCUT2D eigenvalue weighted by molar-refractivity contribution is -0.138. The van der Waals surface area contributed by atoms with E-state index in [1.807, 2.05) is 4.90 Å². The van der Waals surface area contributed by atoms with Gasteiger partial charge in [-0.25, -0.2) is 9.97 Å². The molecule has 1 saturated heterocycles. The molecule has 0 spiro atoms. The van der Waals surface area contributed by atoms with Crippen LogP contribution in [0.5, 0.6) is 0 Å². The molecule has 3 heterocycles. The molecule has 0 radical (unpaired) electrons. The first-order valence-corrected chi connectivity index (χ1v) is 9.80. The van der Waals surface area contributed by atoms with Crippen molar-refractivity contribution in [3.63, 3.8) is 0 Å². The Morgan fingerprint density at radius 3 is 2.68 bits per heavy atom. The van der Waals surface area contributed by atoms with Crippen LogP contribution < -0.4 is 4.90 Å². The van der Waals surface area contributed by atoms with Crippen LogP contribution >= 0.6 is 0 Å². The zero-order valence-electron chi connectivity index (χ0n) is 16.8. The van der Waals surface area contributed by atoms with Crippen LogP contribution in [0.15, 0.2) is 30.6 Å². The molecule has 0 amide bonds. The molecule has 3 aromatic rings. The first-order valence-electron chi connectivity index (χ1n) is 9.80. The number of halogens is 3. The van der Waals surface area contributed by atoms with Gasteiger partial charge in [-0.15, -0.1) is 0 Å².